The summed E-state index contributed by atoms with van der Waals surface area (Å²) in [6, 6.07) is 2.05. The fourth-order valence-corrected chi connectivity index (χ4v) is 4.49. The van der Waals surface area contributed by atoms with E-state index in [1.165, 1.54) is 11.2 Å². The maximum absolute atomic E-state index is 13.2. The van der Waals surface area contributed by atoms with Crippen LogP contribution in [0.15, 0.2) is 23.1 Å². The first kappa shape index (κ1) is 19.9. The highest BCUT2D eigenvalue weighted by molar-refractivity contribution is 7.92. The van der Waals surface area contributed by atoms with Crippen molar-refractivity contribution in [3.05, 3.63) is 24.0 Å². The number of anilines is 1. The van der Waals surface area contributed by atoms with E-state index < -0.39 is 36.1 Å². The number of sulfone groups is 1. The largest absolute Gasteiger partial charge is 0.501 e. The SMILES string of the molecule is CCS(=O)(=O)N1CC(CNc2ccc(F)cc2S(=O)(=O)C(F)(F)F)C1. The van der Waals surface area contributed by atoms with Crippen molar-refractivity contribution in [1.29, 1.82) is 0 Å². The number of benzene rings is 1. The smallest absolute Gasteiger partial charge is 0.384 e. The van der Waals surface area contributed by atoms with Crippen LogP contribution < -0.4 is 5.32 Å². The van der Waals surface area contributed by atoms with Crippen LogP contribution in [0, 0.1) is 11.7 Å². The summed E-state index contributed by atoms with van der Waals surface area (Å²) in [6.07, 6.45) is 0. The van der Waals surface area contributed by atoms with Gasteiger partial charge in [0.15, 0.2) is 0 Å². The molecule has 0 bridgehead atoms. The highest BCUT2D eigenvalue weighted by Crippen LogP contribution is 2.35. The molecule has 0 aliphatic carbocycles. The minimum Gasteiger partial charge on any atom is -0.384 e. The van der Waals surface area contributed by atoms with Crippen molar-refractivity contribution in [1.82, 2.24) is 4.31 Å². The Hall–Kier alpha value is -1.40. The Morgan fingerprint density at radius 1 is 1.20 bits per heavy atom. The third kappa shape index (κ3) is 4.06. The lowest BCUT2D eigenvalue weighted by atomic mass is 10.0. The number of nitrogens with zero attached hydrogens (tertiary/aromatic N) is 1. The van der Waals surface area contributed by atoms with E-state index in [4.69, 9.17) is 0 Å². The summed E-state index contributed by atoms with van der Waals surface area (Å²) in [6.45, 7) is 1.92. The van der Waals surface area contributed by atoms with Crippen molar-refractivity contribution in [2.75, 3.05) is 30.7 Å². The van der Waals surface area contributed by atoms with E-state index in [1.807, 2.05) is 0 Å². The van der Waals surface area contributed by atoms with Gasteiger partial charge in [0, 0.05) is 25.6 Å². The van der Waals surface area contributed by atoms with Gasteiger partial charge in [-0.15, -0.1) is 0 Å². The van der Waals surface area contributed by atoms with Crippen molar-refractivity contribution in [3.8, 4) is 0 Å². The number of sulfonamides is 1. The molecule has 1 fully saturated rings. The van der Waals surface area contributed by atoms with Crippen LogP contribution in [-0.4, -0.2) is 52.0 Å². The van der Waals surface area contributed by atoms with Crippen molar-refractivity contribution < 1.29 is 34.4 Å². The van der Waals surface area contributed by atoms with Crippen LogP contribution in [0.4, 0.5) is 23.2 Å². The van der Waals surface area contributed by atoms with E-state index in [1.54, 1.807) is 0 Å². The van der Waals surface area contributed by atoms with Gasteiger partial charge in [-0.2, -0.15) is 13.2 Å². The normalized spacial score (nSPS) is 17.3. The van der Waals surface area contributed by atoms with Gasteiger partial charge in [0.2, 0.25) is 10.0 Å². The molecule has 25 heavy (non-hydrogen) atoms. The molecule has 1 aliphatic heterocycles. The molecule has 1 saturated heterocycles. The second kappa shape index (κ2) is 6.72. The predicted octanol–water partition coefficient (Wildman–Crippen LogP) is 1.81. The second-order valence-electron chi connectivity index (χ2n) is 5.55. The van der Waals surface area contributed by atoms with E-state index in [9.17, 15) is 34.4 Å². The number of nitrogens with one attached hydrogen (secondary N) is 1. The number of hydrogen-bond donors (Lipinski definition) is 1. The summed E-state index contributed by atoms with van der Waals surface area (Å²) in [7, 11) is -9.04. The molecule has 0 spiro atoms. The third-order valence-corrected chi connectivity index (χ3v) is 7.14. The Labute approximate surface area is 142 Å². The van der Waals surface area contributed by atoms with Gasteiger partial charge in [-0.25, -0.2) is 25.5 Å². The van der Waals surface area contributed by atoms with Gasteiger partial charge < -0.3 is 5.32 Å². The first-order valence-corrected chi connectivity index (χ1v) is 10.3. The van der Waals surface area contributed by atoms with Gasteiger partial charge in [-0.05, 0) is 25.1 Å². The van der Waals surface area contributed by atoms with Gasteiger partial charge in [-0.1, -0.05) is 0 Å². The summed E-state index contributed by atoms with van der Waals surface area (Å²) < 4.78 is 98.9. The maximum atomic E-state index is 13.2. The lowest BCUT2D eigenvalue weighted by Crippen LogP contribution is -2.52. The average molecular weight is 404 g/mol. The molecule has 1 aromatic rings. The van der Waals surface area contributed by atoms with Gasteiger partial charge in [0.05, 0.1) is 11.4 Å². The number of rotatable bonds is 6. The van der Waals surface area contributed by atoms with E-state index in [0.29, 0.717) is 6.07 Å². The molecule has 0 aromatic heterocycles. The van der Waals surface area contributed by atoms with E-state index in [2.05, 4.69) is 5.32 Å². The Balaban J connectivity index is 2.12. The van der Waals surface area contributed by atoms with Crippen LogP contribution in [0.3, 0.4) is 0 Å². The molecule has 0 unspecified atom stereocenters. The Kier molecular flexibility index (Phi) is 5.36. The van der Waals surface area contributed by atoms with E-state index >= 15 is 0 Å². The zero-order chi connectivity index (χ0) is 19.0. The number of halogens is 4. The molecular formula is C13H16F4N2O4S2. The van der Waals surface area contributed by atoms with Gasteiger partial charge in [0.25, 0.3) is 9.84 Å². The van der Waals surface area contributed by atoms with Crippen molar-refractivity contribution in [3.63, 3.8) is 0 Å². The molecule has 1 N–H and O–H groups in total. The number of alkyl halides is 3. The molecule has 1 heterocycles. The highest BCUT2D eigenvalue weighted by atomic mass is 32.2. The quantitative estimate of drug-likeness (QED) is 0.732. The monoisotopic (exact) mass is 404 g/mol. The van der Waals surface area contributed by atoms with Crippen LogP contribution in [0.2, 0.25) is 0 Å². The second-order valence-corrected chi connectivity index (χ2v) is 9.72. The first-order valence-electron chi connectivity index (χ1n) is 7.21. The van der Waals surface area contributed by atoms with Crippen LogP contribution in [-0.2, 0) is 19.9 Å². The minimum atomic E-state index is -5.71. The number of hydrogen-bond acceptors (Lipinski definition) is 5. The Morgan fingerprint density at radius 3 is 2.32 bits per heavy atom. The fraction of sp³-hybridized carbons (Fsp3) is 0.538. The molecule has 0 saturated carbocycles. The van der Waals surface area contributed by atoms with Crippen LogP contribution in [0.5, 0.6) is 0 Å². The molecule has 2 rings (SSSR count). The average Bonchev–Trinajstić information content (AvgIpc) is 2.45. The summed E-state index contributed by atoms with van der Waals surface area (Å²) in [4.78, 5) is -1.20. The molecule has 142 valence electrons. The lowest BCUT2D eigenvalue weighted by Gasteiger charge is -2.38. The van der Waals surface area contributed by atoms with Crippen molar-refractivity contribution in [2.45, 2.75) is 17.3 Å². The fourth-order valence-electron chi connectivity index (χ4n) is 2.30. The van der Waals surface area contributed by atoms with E-state index in [0.717, 1.165) is 12.1 Å². The molecule has 0 amide bonds. The summed E-state index contributed by atoms with van der Waals surface area (Å²) in [5, 5.41) is 2.54. The third-order valence-electron chi connectivity index (χ3n) is 3.80. The minimum absolute atomic E-state index is 0.0565. The van der Waals surface area contributed by atoms with Gasteiger partial charge >= 0.3 is 5.51 Å². The molecule has 1 aliphatic rings. The van der Waals surface area contributed by atoms with Gasteiger partial charge in [0.1, 0.15) is 10.7 Å². The van der Waals surface area contributed by atoms with Crippen LogP contribution >= 0.6 is 0 Å². The molecule has 12 heteroatoms. The summed E-state index contributed by atoms with van der Waals surface area (Å²) in [5.74, 6) is -1.36. The maximum Gasteiger partial charge on any atom is 0.501 e. The van der Waals surface area contributed by atoms with Crippen LogP contribution in [0.25, 0.3) is 0 Å². The summed E-state index contributed by atoms with van der Waals surface area (Å²) in [5.41, 5.74) is -5.94. The molecule has 0 atom stereocenters. The predicted molar refractivity (Wildman–Crippen MR) is 82.7 cm³/mol. The Morgan fingerprint density at radius 2 is 1.80 bits per heavy atom. The topological polar surface area (TPSA) is 83.6 Å². The Bertz CT molecular complexity index is 847. The molecule has 1 aromatic carbocycles. The molecule has 6 nitrogen and oxygen atoms in total. The summed E-state index contributed by atoms with van der Waals surface area (Å²) >= 11 is 0. The van der Waals surface area contributed by atoms with E-state index in [-0.39, 0.29) is 37.0 Å². The molecular weight excluding hydrogens is 388 g/mol. The molecule has 0 radical (unpaired) electrons. The standard InChI is InChI=1S/C13H16F4N2O4S2/c1-2-24(20,21)19-7-9(8-19)6-18-11-4-3-10(14)5-12(11)25(22,23)13(15,16)17/h3-5,9,18H,2,6-8H2,1H3. The lowest BCUT2D eigenvalue weighted by molar-refractivity contribution is -0.0435. The van der Waals surface area contributed by atoms with Crippen molar-refractivity contribution >= 4 is 25.5 Å². The zero-order valence-corrected chi connectivity index (χ0v) is 14.7. The van der Waals surface area contributed by atoms with Crippen LogP contribution in [0.1, 0.15) is 6.92 Å². The van der Waals surface area contributed by atoms with Gasteiger partial charge in [-0.3, -0.25) is 0 Å². The zero-order valence-electron chi connectivity index (χ0n) is 13.0. The first-order chi connectivity index (χ1) is 11.4. The van der Waals surface area contributed by atoms with Crippen molar-refractivity contribution in [2.24, 2.45) is 5.92 Å². The highest BCUT2D eigenvalue weighted by Gasteiger charge is 2.48.